The lowest BCUT2D eigenvalue weighted by molar-refractivity contribution is -0.122. The third-order valence-corrected chi connectivity index (χ3v) is 7.88. The van der Waals surface area contributed by atoms with Crippen molar-refractivity contribution in [2.45, 2.75) is 11.3 Å². The van der Waals surface area contributed by atoms with E-state index in [9.17, 15) is 14.4 Å². The second-order valence-electron chi connectivity index (χ2n) is 9.55. The Morgan fingerprint density at radius 1 is 0.838 bits per heavy atom. The predicted octanol–water partition coefficient (Wildman–Crippen LogP) is 4.25. The number of imide groups is 1. The quantitative estimate of drug-likeness (QED) is 0.265. The van der Waals surface area contributed by atoms with Crippen molar-refractivity contribution >= 4 is 29.6 Å². The summed E-state index contributed by atoms with van der Waals surface area (Å²) in [6.07, 6.45) is 3.05. The Hall–Kier alpha value is -4.78. The van der Waals surface area contributed by atoms with E-state index in [0.717, 1.165) is 22.3 Å². The van der Waals surface area contributed by atoms with Crippen molar-refractivity contribution in [2.75, 3.05) is 4.90 Å². The number of hydrogen-bond acceptors (Lipinski definition) is 5. The second-order valence-corrected chi connectivity index (χ2v) is 9.55. The third-order valence-electron chi connectivity index (χ3n) is 7.88. The maximum Gasteiger partial charge on any atom is 0.307 e. The number of nitrogens with one attached hydrogen (secondary N) is 1. The fourth-order valence-corrected chi connectivity index (χ4v) is 6.54. The summed E-state index contributed by atoms with van der Waals surface area (Å²) in [7, 11) is 0. The number of furan rings is 1. The van der Waals surface area contributed by atoms with Gasteiger partial charge in [0.15, 0.2) is 5.76 Å². The molecule has 7 heteroatoms. The van der Waals surface area contributed by atoms with Crippen LogP contribution in [0.4, 0.5) is 5.69 Å². The predicted molar refractivity (Wildman–Crippen MR) is 136 cm³/mol. The van der Waals surface area contributed by atoms with Crippen LogP contribution in [0.3, 0.4) is 0 Å². The molecular formula is C30H21N3O4. The Balaban J connectivity index is 1.44. The van der Waals surface area contributed by atoms with Crippen molar-refractivity contribution in [1.29, 1.82) is 0 Å². The van der Waals surface area contributed by atoms with Crippen LogP contribution in [-0.4, -0.2) is 23.9 Å². The van der Waals surface area contributed by atoms with E-state index in [0.29, 0.717) is 5.69 Å². The minimum absolute atomic E-state index is 0.128. The average Bonchev–Trinajstić information content (AvgIpc) is 3.57. The Morgan fingerprint density at radius 2 is 1.49 bits per heavy atom. The molecule has 8 rings (SSSR count). The first kappa shape index (κ1) is 21.5. The molecule has 4 aliphatic rings. The van der Waals surface area contributed by atoms with Gasteiger partial charge in [-0.2, -0.15) is 5.10 Å². The van der Waals surface area contributed by atoms with Crippen LogP contribution in [0.2, 0.25) is 0 Å². The smallest absolute Gasteiger partial charge is 0.307 e. The number of rotatable bonds is 4. The molecule has 1 aliphatic heterocycles. The van der Waals surface area contributed by atoms with E-state index in [2.05, 4.69) is 10.5 Å². The van der Waals surface area contributed by atoms with Crippen LogP contribution in [-0.2, 0) is 15.0 Å². The van der Waals surface area contributed by atoms with Crippen LogP contribution >= 0.6 is 0 Å². The van der Waals surface area contributed by atoms with E-state index in [1.807, 2.05) is 66.7 Å². The molecule has 0 saturated carbocycles. The van der Waals surface area contributed by atoms with Gasteiger partial charge in [0.1, 0.15) is 0 Å². The highest BCUT2D eigenvalue weighted by atomic mass is 16.3. The van der Waals surface area contributed by atoms with E-state index in [1.54, 1.807) is 30.5 Å². The number of anilines is 1. The summed E-state index contributed by atoms with van der Waals surface area (Å²) in [6.45, 7) is 0. The first-order valence-electron chi connectivity index (χ1n) is 12.1. The molecule has 4 aromatic rings. The van der Waals surface area contributed by atoms with Gasteiger partial charge in [-0.3, -0.25) is 14.4 Å². The zero-order valence-corrected chi connectivity index (χ0v) is 19.6. The van der Waals surface area contributed by atoms with E-state index in [-0.39, 0.29) is 23.5 Å². The molecule has 2 bridgehead atoms. The van der Waals surface area contributed by atoms with E-state index in [4.69, 9.17) is 4.42 Å². The van der Waals surface area contributed by atoms with Gasteiger partial charge in [0.05, 0.1) is 29.2 Å². The standard InChI is InChI=1S/C30H21N3O4/c34-27(23-15-8-16-37-23)32-31-17-30-21-13-6-4-11-19(21)24(20-12-5-7-14-22(20)30)25-26(30)29(36)33(28(25)35)18-9-2-1-3-10-18/h1-17,24-26H,(H,32,34)/b31-17-/t24?,25-,26+,30?/m1/s1. The minimum Gasteiger partial charge on any atom is -0.459 e. The van der Waals surface area contributed by atoms with Gasteiger partial charge in [0, 0.05) is 12.1 Å². The molecule has 180 valence electrons. The first-order chi connectivity index (χ1) is 18.1. The SMILES string of the molecule is O=C(N/N=C\C12c3ccccc3C(c3ccccc31)[C@H]1C(=O)N(c3ccccc3)C(=O)[C@H]12)c1ccco1. The fourth-order valence-electron chi connectivity index (χ4n) is 6.54. The molecule has 37 heavy (non-hydrogen) atoms. The molecule has 1 saturated heterocycles. The summed E-state index contributed by atoms with van der Waals surface area (Å²) in [6, 6.07) is 28.0. The monoisotopic (exact) mass is 487 g/mol. The Kier molecular flexibility index (Phi) is 4.57. The summed E-state index contributed by atoms with van der Waals surface area (Å²) in [5.74, 6) is -2.41. The normalized spacial score (nSPS) is 25.2. The van der Waals surface area contributed by atoms with Crippen LogP contribution in [0, 0.1) is 11.8 Å². The number of hydrazone groups is 1. The molecule has 2 heterocycles. The lowest BCUT2D eigenvalue weighted by Crippen LogP contribution is -2.54. The number of carbonyl (C=O) groups excluding carboxylic acids is 3. The summed E-state index contributed by atoms with van der Waals surface area (Å²) in [5, 5.41) is 4.37. The van der Waals surface area contributed by atoms with Crippen molar-refractivity contribution < 1.29 is 18.8 Å². The molecule has 0 radical (unpaired) electrons. The minimum atomic E-state index is -1.04. The van der Waals surface area contributed by atoms with Crippen LogP contribution < -0.4 is 10.3 Å². The van der Waals surface area contributed by atoms with Crippen molar-refractivity contribution in [3.05, 3.63) is 125 Å². The molecule has 7 nitrogen and oxygen atoms in total. The van der Waals surface area contributed by atoms with E-state index < -0.39 is 23.2 Å². The average molecular weight is 488 g/mol. The maximum atomic E-state index is 14.2. The summed E-state index contributed by atoms with van der Waals surface area (Å²) in [5.41, 5.74) is 5.91. The van der Waals surface area contributed by atoms with Crippen LogP contribution in [0.5, 0.6) is 0 Å². The lowest BCUT2D eigenvalue weighted by Gasteiger charge is -2.52. The Morgan fingerprint density at radius 3 is 2.14 bits per heavy atom. The highest BCUT2D eigenvalue weighted by Crippen LogP contribution is 2.63. The van der Waals surface area contributed by atoms with Crippen LogP contribution in [0.15, 0.2) is 107 Å². The van der Waals surface area contributed by atoms with Crippen LogP contribution in [0.25, 0.3) is 0 Å². The zero-order chi connectivity index (χ0) is 25.1. The topological polar surface area (TPSA) is 92.0 Å². The van der Waals surface area contributed by atoms with E-state index >= 15 is 0 Å². The number of amides is 3. The van der Waals surface area contributed by atoms with Gasteiger partial charge in [-0.15, -0.1) is 0 Å². The lowest BCUT2D eigenvalue weighted by atomic mass is 9.47. The van der Waals surface area contributed by atoms with Crippen molar-refractivity contribution in [1.82, 2.24) is 5.43 Å². The largest absolute Gasteiger partial charge is 0.459 e. The number of benzene rings is 3. The zero-order valence-electron chi connectivity index (χ0n) is 19.6. The van der Waals surface area contributed by atoms with Gasteiger partial charge in [-0.05, 0) is 46.5 Å². The molecule has 1 aromatic heterocycles. The summed E-state index contributed by atoms with van der Waals surface area (Å²) in [4.78, 5) is 42.1. The second kappa shape index (κ2) is 7.86. The molecule has 3 aromatic carbocycles. The van der Waals surface area contributed by atoms with Crippen LogP contribution in [0.1, 0.15) is 38.7 Å². The van der Waals surface area contributed by atoms with Gasteiger partial charge in [-0.25, -0.2) is 10.3 Å². The molecule has 1 fully saturated rings. The fraction of sp³-hybridized carbons (Fsp3) is 0.133. The number of nitrogens with zero attached hydrogens (tertiary/aromatic N) is 2. The first-order valence-corrected chi connectivity index (χ1v) is 12.1. The Labute approximate surface area is 212 Å². The Bertz CT molecular complexity index is 1540. The molecular weight excluding hydrogens is 466 g/mol. The molecule has 2 atom stereocenters. The molecule has 0 unspecified atom stereocenters. The highest BCUT2D eigenvalue weighted by Gasteiger charge is 2.68. The van der Waals surface area contributed by atoms with Gasteiger partial charge in [0.2, 0.25) is 11.8 Å². The molecule has 3 amide bonds. The highest BCUT2D eigenvalue weighted by molar-refractivity contribution is 6.25. The van der Waals surface area contributed by atoms with Gasteiger partial charge >= 0.3 is 5.91 Å². The van der Waals surface area contributed by atoms with E-state index in [1.165, 1.54) is 11.2 Å². The van der Waals surface area contributed by atoms with Gasteiger partial charge in [0.25, 0.3) is 0 Å². The number of para-hydroxylation sites is 1. The molecule has 1 N–H and O–H groups in total. The van der Waals surface area contributed by atoms with Crippen molar-refractivity contribution in [3.63, 3.8) is 0 Å². The number of carbonyl (C=O) groups is 3. The van der Waals surface area contributed by atoms with Crippen molar-refractivity contribution in [2.24, 2.45) is 16.9 Å². The summed E-state index contributed by atoms with van der Waals surface area (Å²) < 4.78 is 5.18. The maximum absolute atomic E-state index is 14.2. The van der Waals surface area contributed by atoms with Gasteiger partial charge < -0.3 is 4.42 Å². The van der Waals surface area contributed by atoms with Crippen molar-refractivity contribution in [3.8, 4) is 0 Å². The molecule has 0 spiro atoms. The third kappa shape index (κ3) is 2.82. The number of hydrogen-bond donors (Lipinski definition) is 1. The molecule has 3 aliphatic carbocycles. The van der Waals surface area contributed by atoms with Gasteiger partial charge in [-0.1, -0.05) is 66.7 Å². The summed E-state index contributed by atoms with van der Waals surface area (Å²) >= 11 is 0.